The lowest BCUT2D eigenvalue weighted by atomic mass is 9.81. The summed E-state index contributed by atoms with van der Waals surface area (Å²) in [6, 6.07) is 3.20. The van der Waals surface area contributed by atoms with Crippen molar-refractivity contribution in [3.8, 4) is 5.88 Å². The molecule has 0 radical (unpaired) electrons. The van der Waals surface area contributed by atoms with E-state index >= 15 is 4.39 Å². The predicted octanol–water partition coefficient (Wildman–Crippen LogP) is 3.26. The first kappa shape index (κ1) is 27.3. The third kappa shape index (κ3) is 7.86. The molecule has 8 nitrogen and oxygen atoms in total. The fourth-order valence-electron chi connectivity index (χ4n) is 4.98. The molecule has 0 bridgehead atoms. The zero-order valence-corrected chi connectivity index (χ0v) is 21.3. The molecule has 1 N–H and O–H groups in total. The number of aryl methyl sites for hydroxylation is 2. The molecule has 0 spiro atoms. The number of halogens is 4. The van der Waals surface area contributed by atoms with Gasteiger partial charge in [0, 0.05) is 50.9 Å². The minimum absolute atomic E-state index is 0.0255. The minimum atomic E-state index is -4.41. The monoisotopic (exact) mass is 526 g/mol. The van der Waals surface area contributed by atoms with Crippen molar-refractivity contribution >= 4 is 5.91 Å². The van der Waals surface area contributed by atoms with Crippen LogP contribution in [0.3, 0.4) is 0 Å². The van der Waals surface area contributed by atoms with Crippen LogP contribution >= 0.6 is 0 Å². The van der Waals surface area contributed by atoms with Crippen molar-refractivity contribution < 1.29 is 27.1 Å². The first-order valence-electron chi connectivity index (χ1n) is 12.7. The summed E-state index contributed by atoms with van der Waals surface area (Å²) in [5.74, 6) is 1.05. The molecule has 3 heterocycles. The largest absolute Gasteiger partial charge is 0.468 e. The summed E-state index contributed by atoms with van der Waals surface area (Å²) in [4.78, 5) is 23.1. The van der Waals surface area contributed by atoms with Crippen LogP contribution in [0.25, 0.3) is 0 Å². The van der Waals surface area contributed by atoms with Gasteiger partial charge in [0.15, 0.2) is 12.4 Å². The van der Waals surface area contributed by atoms with Gasteiger partial charge in [0.1, 0.15) is 11.5 Å². The van der Waals surface area contributed by atoms with E-state index in [0.29, 0.717) is 63.9 Å². The average Bonchev–Trinajstić information content (AvgIpc) is 3.02. The number of carbonyl (C=O) groups is 1. The van der Waals surface area contributed by atoms with Crippen LogP contribution in [0.15, 0.2) is 12.1 Å². The Bertz CT molecular complexity index is 1060. The molecule has 12 heteroatoms. The third-order valence-electron chi connectivity index (χ3n) is 7.26. The highest BCUT2D eigenvalue weighted by atomic mass is 19.4. The number of hydrogen-bond acceptors (Lipinski definition) is 6. The van der Waals surface area contributed by atoms with Gasteiger partial charge < -0.3 is 15.0 Å². The van der Waals surface area contributed by atoms with Gasteiger partial charge in [0.05, 0.1) is 6.42 Å². The van der Waals surface area contributed by atoms with E-state index in [-0.39, 0.29) is 24.2 Å². The predicted molar refractivity (Wildman–Crippen MR) is 128 cm³/mol. The number of fused-ring (bicyclic) bond motifs is 1. The number of aromatic nitrogens is 4. The van der Waals surface area contributed by atoms with Gasteiger partial charge >= 0.3 is 6.18 Å². The summed E-state index contributed by atoms with van der Waals surface area (Å²) in [6.45, 7) is 2.47. The summed E-state index contributed by atoms with van der Waals surface area (Å²) < 4.78 is 59.2. The number of rotatable bonds is 8. The Kier molecular flexibility index (Phi) is 8.35. The SMILES string of the molecule is Cc1nc(CC(=O)N[C@H]2CC[C@](F)(CCN3CCc4ccc(OCC(F)(F)F)nc4CC3)CC2)nn1C. The third-order valence-corrected chi connectivity index (χ3v) is 7.26. The molecule has 0 atom stereocenters. The summed E-state index contributed by atoms with van der Waals surface area (Å²) in [6.07, 6.45) is -0.621. The maximum Gasteiger partial charge on any atom is 0.422 e. The Hall–Kier alpha value is -2.76. The Morgan fingerprint density at radius 1 is 1.19 bits per heavy atom. The van der Waals surface area contributed by atoms with Gasteiger partial charge in [-0.05, 0) is 51.0 Å². The van der Waals surface area contributed by atoms with Crippen LogP contribution in [-0.2, 0) is 31.1 Å². The van der Waals surface area contributed by atoms with E-state index in [2.05, 4.69) is 25.3 Å². The molecule has 2 aromatic heterocycles. The molecule has 4 rings (SSSR count). The maximum atomic E-state index is 15.5. The van der Waals surface area contributed by atoms with Crippen molar-refractivity contribution in [2.24, 2.45) is 7.05 Å². The molecule has 0 aromatic carbocycles. The van der Waals surface area contributed by atoms with Crippen molar-refractivity contribution in [2.45, 2.75) is 76.2 Å². The van der Waals surface area contributed by atoms with Gasteiger partial charge in [-0.15, -0.1) is 0 Å². The molecule has 2 aromatic rings. The van der Waals surface area contributed by atoms with Crippen LogP contribution in [0.1, 0.15) is 55.0 Å². The molecule has 1 aliphatic heterocycles. The molecular formula is C25H34F4N6O2. The molecule has 1 amide bonds. The van der Waals surface area contributed by atoms with Gasteiger partial charge in [0.2, 0.25) is 11.8 Å². The number of hydrogen-bond donors (Lipinski definition) is 1. The van der Waals surface area contributed by atoms with E-state index in [1.165, 1.54) is 6.07 Å². The topological polar surface area (TPSA) is 85.2 Å². The molecule has 1 saturated carbocycles. The van der Waals surface area contributed by atoms with Gasteiger partial charge in [-0.2, -0.15) is 18.3 Å². The number of ether oxygens (including phenoxy) is 1. The van der Waals surface area contributed by atoms with E-state index in [1.807, 2.05) is 6.92 Å². The molecule has 2 aliphatic rings. The van der Waals surface area contributed by atoms with E-state index in [0.717, 1.165) is 23.6 Å². The summed E-state index contributed by atoms with van der Waals surface area (Å²) in [5, 5.41) is 7.20. The average molecular weight is 527 g/mol. The quantitative estimate of drug-likeness (QED) is 0.532. The van der Waals surface area contributed by atoms with Crippen molar-refractivity contribution in [2.75, 3.05) is 26.2 Å². The van der Waals surface area contributed by atoms with Crippen LogP contribution in [-0.4, -0.2) is 74.7 Å². The standard InChI is InChI=1S/C25H34F4N6O2/c1-17-30-21(33-34(17)2)15-22(36)31-19-5-9-24(26,10-6-19)11-14-35-12-7-18-3-4-23(32-20(18)8-13-35)37-16-25(27,28)29/h3-4,19H,5-16H2,1-2H3,(H,31,36)/t19-,24+. The zero-order chi connectivity index (χ0) is 26.6. The van der Waals surface area contributed by atoms with Gasteiger partial charge in [-0.25, -0.2) is 14.4 Å². The minimum Gasteiger partial charge on any atom is -0.468 e. The highest BCUT2D eigenvalue weighted by Gasteiger charge is 2.36. The van der Waals surface area contributed by atoms with Crippen molar-refractivity contribution in [1.82, 2.24) is 30.0 Å². The molecule has 204 valence electrons. The Morgan fingerprint density at radius 2 is 1.92 bits per heavy atom. The second-order valence-corrected chi connectivity index (χ2v) is 10.1. The molecular weight excluding hydrogens is 492 g/mol. The number of pyridine rings is 1. The van der Waals surface area contributed by atoms with Crippen LogP contribution in [0, 0.1) is 6.92 Å². The Morgan fingerprint density at radius 3 is 2.59 bits per heavy atom. The van der Waals surface area contributed by atoms with Gasteiger partial charge in [-0.3, -0.25) is 9.48 Å². The van der Waals surface area contributed by atoms with Crippen LogP contribution in [0.2, 0.25) is 0 Å². The van der Waals surface area contributed by atoms with Crippen molar-refractivity contribution in [3.05, 3.63) is 35.0 Å². The highest BCUT2D eigenvalue weighted by Crippen LogP contribution is 2.35. The first-order valence-corrected chi connectivity index (χ1v) is 12.7. The van der Waals surface area contributed by atoms with Crippen molar-refractivity contribution in [3.63, 3.8) is 0 Å². The summed E-state index contributed by atoms with van der Waals surface area (Å²) in [7, 11) is 1.78. The fraction of sp³-hybridized carbons (Fsp3) is 0.680. The molecule has 1 fully saturated rings. The molecule has 0 saturated heterocycles. The second-order valence-electron chi connectivity index (χ2n) is 10.1. The first-order chi connectivity index (χ1) is 17.5. The number of alkyl halides is 4. The number of carbonyl (C=O) groups excluding carboxylic acids is 1. The lowest BCUT2D eigenvalue weighted by Crippen LogP contribution is -2.43. The molecule has 1 aliphatic carbocycles. The second kappa shape index (κ2) is 11.3. The summed E-state index contributed by atoms with van der Waals surface area (Å²) in [5.41, 5.74) is 0.463. The smallest absolute Gasteiger partial charge is 0.422 e. The van der Waals surface area contributed by atoms with E-state index in [9.17, 15) is 18.0 Å². The number of amides is 1. The van der Waals surface area contributed by atoms with Crippen LogP contribution < -0.4 is 10.1 Å². The summed E-state index contributed by atoms with van der Waals surface area (Å²) >= 11 is 0. The fourth-order valence-corrected chi connectivity index (χ4v) is 4.98. The highest BCUT2D eigenvalue weighted by molar-refractivity contribution is 5.78. The van der Waals surface area contributed by atoms with Crippen LogP contribution in [0.4, 0.5) is 17.6 Å². The number of nitrogens with zero attached hydrogens (tertiary/aromatic N) is 5. The number of nitrogens with one attached hydrogen (secondary N) is 1. The Labute approximate surface area is 213 Å². The van der Waals surface area contributed by atoms with E-state index < -0.39 is 18.5 Å². The Balaban J connectivity index is 1.19. The normalized spacial score (nSPS) is 22.8. The molecule has 0 unspecified atom stereocenters. The van der Waals surface area contributed by atoms with Crippen LogP contribution in [0.5, 0.6) is 5.88 Å². The van der Waals surface area contributed by atoms with Crippen molar-refractivity contribution in [1.29, 1.82) is 0 Å². The zero-order valence-electron chi connectivity index (χ0n) is 21.3. The molecule has 37 heavy (non-hydrogen) atoms. The lowest BCUT2D eigenvalue weighted by Gasteiger charge is -2.35. The maximum absolute atomic E-state index is 15.5. The van der Waals surface area contributed by atoms with E-state index in [1.54, 1.807) is 17.8 Å². The lowest BCUT2D eigenvalue weighted by molar-refractivity contribution is -0.154. The van der Waals surface area contributed by atoms with E-state index in [4.69, 9.17) is 4.74 Å². The van der Waals surface area contributed by atoms with Gasteiger partial charge in [0.25, 0.3) is 0 Å². The van der Waals surface area contributed by atoms with Gasteiger partial charge in [-0.1, -0.05) is 6.07 Å².